The van der Waals surface area contributed by atoms with Gasteiger partial charge >= 0.3 is 0 Å². The molecule has 1 aromatic rings. The normalized spacial score (nSPS) is 9.00. The first-order valence-corrected chi connectivity index (χ1v) is 5.05. The van der Waals surface area contributed by atoms with Crippen LogP contribution in [0.15, 0.2) is 24.3 Å². The minimum absolute atomic E-state index is 0.296. The van der Waals surface area contributed by atoms with Crippen LogP contribution in [0.4, 0.5) is 11.4 Å². The van der Waals surface area contributed by atoms with E-state index < -0.39 is 24.7 Å². The summed E-state index contributed by atoms with van der Waals surface area (Å²) in [7, 11) is 0. The van der Waals surface area contributed by atoms with E-state index in [0.717, 1.165) is 4.90 Å². The molecule has 0 aliphatic carbocycles. The summed E-state index contributed by atoms with van der Waals surface area (Å²) in [5.74, 6) is -1.33. The largest absolute Gasteiger partial charge is 0.399 e. The number of amides is 2. The molecule has 0 spiro atoms. The molecule has 0 saturated heterocycles. The quantitative estimate of drug-likeness (QED) is 0.793. The Labute approximate surface area is 104 Å². The van der Waals surface area contributed by atoms with Crippen molar-refractivity contribution in [2.24, 2.45) is 0 Å². The molecule has 0 fully saturated rings. The summed E-state index contributed by atoms with van der Waals surface area (Å²) >= 11 is 0. The van der Waals surface area contributed by atoms with Crippen molar-refractivity contribution in [3.63, 3.8) is 0 Å². The van der Waals surface area contributed by atoms with E-state index >= 15 is 0 Å². The number of imide groups is 1. The fraction of sp³-hybridized carbons (Fsp3) is 0.167. The van der Waals surface area contributed by atoms with Crippen LogP contribution in [0.2, 0.25) is 0 Å². The number of hydrogen-bond donors (Lipinski definition) is 1. The predicted molar refractivity (Wildman–Crippen MR) is 63.8 cm³/mol. The maximum Gasteiger partial charge on any atom is 0.248 e. The van der Waals surface area contributed by atoms with Crippen LogP contribution in [0, 0.1) is 22.7 Å². The van der Waals surface area contributed by atoms with Crippen LogP contribution in [0.1, 0.15) is 12.8 Å². The average Bonchev–Trinajstić information content (AvgIpc) is 2.33. The second-order valence-electron chi connectivity index (χ2n) is 3.38. The summed E-state index contributed by atoms with van der Waals surface area (Å²) in [6, 6.07) is 9.38. The van der Waals surface area contributed by atoms with Crippen molar-refractivity contribution in [2.45, 2.75) is 12.8 Å². The van der Waals surface area contributed by atoms with Crippen molar-refractivity contribution in [3.05, 3.63) is 24.3 Å². The Hall–Kier alpha value is -2.86. The van der Waals surface area contributed by atoms with Crippen LogP contribution in [-0.2, 0) is 9.59 Å². The van der Waals surface area contributed by atoms with E-state index in [1.807, 2.05) is 0 Å². The summed E-state index contributed by atoms with van der Waals surface area (Å²) in [5, 5.41) is 17.0. The van der Waals surface area contributed by atoms with Gasteiger partial charge in [-0.3, -0.25) is 9.59 Å². The minimum atomic E-state index is -0.664. The summed E-state index contributed by atoms with van der Waals surface area (Å²) < 4.78 is 0. The lowest BCUT2D eigenvalue weighted by molar-refractivity contribution is -0.125. The molecule has 0 bridgehead atoms. The molecule has 1 rings (SSSR count). The van der Waals surface area contributed by atoms with Crippen molar-refractivity contribution in [1.29, 1.82) is 10.5 Å². The van der Waals surface area contributed by atoms with Gasteiger partial charge in [-0.25, -0.2) is 4.90 Å². The second-order valence-corrected chi connectivity index (χ2v) is 3.38. The maximum absolute atomic E-state index is 11.7. The molecule has 2 N–H and O–H groups in total. The molecule has 1 aromatic carbocycles. The molecular formula is C12H10N4O2. The highest BCUT2D eigenvalue weighted by atomic mass is 16.2. The van der Waals surface area contributed by atoms with Gasteiger partial charge in [0.05, 0.1) is 17.8 Å². The Kier molecular flexibility index (Phi) is 4.42. The molecule has 6 nitrogen and oxygen atoms in total. The zero-order chi connectivity index (χ0) is 13.5. The Morgan fingerprint density at radius 2 is 1.50 bits per heavy atom. The first kappa shape index (κ1) is 13.2. The molecule has 0 saturated carbocycles. The van der Waals surface area contributed by atoms with E-state index in [2.05, 4.69) is 0 Å². The molecule has 0 heterocycles. The molecule has 0 unspecified atom stereocenters. The van der Waals surface area contributed by atoms with Crippen LogP contribution < -0.4 is 10.6 Å². The number of nitriles is 2. The highest BCUT2D eigenvalue weighted by molar-refractivity contribution is 6.15. The van der Waals surface area contributed by atoms with Gasteiger partial charge in [-0.15, -0.1) is 0 Å². The van der Waals surface area contributed by atoms with Crippen molar-refractivity contribution in [3.8, 4) is 12.1 Å². The fourth-order valence-electron chi connectivity index (χ4n) is 1.34. The molecule has 90 valence electrons. The lowest BCUT2D eigenvalue weighted by Gasteiger charge is -2.18. The highest BCUT2D eigenvalue weighted by Crippen LogP contribution is 2.18. The highest BCUT2D eigenvalue weighted by Gasteiger charge is 2.22. The lowest BCUT2D eigenvalue weighted by Crippen LogP contribution is -2.36. The summed E-state index contributed by atoms with van der Waals surface area (Å²) in [6.45, 7) is 0. The molecule has 0 aliphatic heterocycles. The van der Waals surface area contributed by atoms with Gasteiger partial charge in [0.25, 0.3) is 0 Å². The van der Waals surface area contributed by atoms with Gasteiger partial charge in [-0.2, -0.15) is 10.5 Å². The van der Waals surface area contributed by atoms with Gasteiger partial charge in [0, 0.05) is 5.69 Å². The molecule has 6 heteroatoms. The molecular weight excluding hydrogens is 232 g/mol. The SMILES string of the molecule is N#CCC(=O)N(C(=O)CC#N)c1ccc(N)cc1. The van der Waals surface area contributed by atoms with Gasteiger partial charge in [-0.05, 0) is 24.3 Å². The third-order valence-corrected chi connectivity index (χ3v) is 2.11. The van der Waals surface area contributed by atoms with Crippen LogP contribution in [0.3, 0.4) is 0 Å². The predicted octanol–water partition coefficient (Wildman–Crippen LogP) is 0.956. The maximum atomic E-state index is 11.7. The zero-order valence-corrected chi connectivity index (χ0v) is 9.46. The Morgan fingerprint density at radius 3 is 1.89 bits per heavy atom. The molecule has 0 aliphatic rings. The number of benzene rings is 1. The van der Waals surface area contributed by atoms with Crippen molar-refractivity contribution in [1.82, 2.24) is 0 Å². The standard InChI is InChI=1S/C12H10N4O2/c13-7-5-11(17)16(12(18)6-8-14)10-3-1-9(15)2-4-10/h1-4H,5-6,15H2. The number of nitrogen functional groups attached to an aromatic ring is 1. The minimum Gasteiger partial charge on any atom is -0.399 e. The Morgan fingerprint density at radius 1 is 1.06 bits per heavy atom. The number of nitrogens with two attached hydrogens (primary N) is 1. The van der Waals surface area contributed by atoms with E-state index in [0.29, 0.717) is 11.4 Å². The number of hydrogen-bond acceptors (Lipinski definition) is 5. The monoisotopic (exact) mass is 242 g/mol. The smallest absolute Gasteiger partial charge is 0.248 e. The van der Waals surface area contributed by atoms with Crippen molar-refractivity contribution in [2.75, 3.05) is 10.6 Å². The Bertz CT molecular complexity index is 509. The number of carbonyl (C=O) groups is 2. The van der Waals surface area contributed by atoms with Crippen LogP contribution in [0.5, 0.6) is 0 Å². The van der Waals surface area contributed by atoms with Gasteiger partial charge in [-0.1, -0.05) is 0 Å². The van der Waals surface area contributed by atoms with E-state index in [1.165, 1.54) is 24.3 Å². The van der Waals surface area contributed by atoms with Gasteiger partial charge in [0.2, 0.25) is 11.8 Å². The van der Waals surface area contributed by atoms with E-state index in [4.69, 9.17) is 16.3 Å². The van der Waals surface area contributed by atoms with E-state index in [9.17, 15) is 9.59 Å². The van der Waals surface area contributed by atoms with Crippen LogP contribution in [0.25, 0.3) is 0 Å². The zero-order valence-electron chi connectivity index (χ0n) is 9.46. The summed E-state index contributed by atoms with van der Waals surface area (Å²) in [6.07, 6.45) is -0.858. The van der Waals surface area contributed by atoms with Crippen LogP contribution >= 0.6 is 0 Å². The third kappa shape index (κ3) is 3.06. The number of anilines is 2. The molecule has 2 amide bonds. The number of carbonyl (C=O) groups excluding carboxylic acids is 2. The molecule has 0 aromatic heterocycles. The van der Waals surface area contributed by atoms with Crippen LogP contribution in [-0.4, -0.2) is 11.8 Å². The summed E-state index contributed by atoms with van der Waals surface area (Å²) in [4.78, 5) is 24.2. The lowest BCUT2D eigenvalue weighted by atomic mass is 10.2. The first-order valence-electron chi connectivity index (χ1n) is 5.05. The first-order chi connectivity index (χ1) is 8.60. The fourth-order valence-corrected chi connectivity index (χ4v) is 1.34. The van der Waals surface area contributed by atoms with Gasteiger partial charge in [0.15, 0.2) is 0 Å². The molecule has 18 heavy (non-hydrogen) atoms. The van der Waals surface area contributed by atoms with Gasteiger partial charge in [0.1, 0.15) is 12.8 Å². The number of rotatable bonds is 3. The summed E-state index contributed by atoms with van der Waals surface area (Å²) in [5.41, 5.74) is 6.28. The molecule has 0 atom stereocenters. The molecule has 0 radical (unpaired) electrons. The Balaban J connectivity index is 3.09. The van der Waals surface area contributed by atoms with Crippen molar-refractivity contribution < 1.29 is 9.59 Å². The second kappa shape index (κ2) is 6.02. The third-order valence-electron chi connectivity index (χ3n) is 2.11. The topological polar surface area (TPSA) is 111 Å². The number of nitrogens with zero attached hydrogens (tertiary/aromatic N) is 3. The average molecular weight is 242 g/mol. The van der Waals surface area contributed by atoms with Crippen molar-refractivity contribution >= 4 is 23.2 Å². The van der Waals surface area contributed by atoms with E-state index in [-0.39, 0.29) is 0 Å². The van der Waals surface area contributed by atoms with E-state index in [1.54, 1.807) is 12.1 Å². The van der Waals surface area contributed by atoms with Gasteiger partial charge < -0.3 is 5.73 Å².